The van der Waals surface area contributed by atoms with Gasteiger partial charge in [-0.1, -0.05) is 23.8 Å². The highest BCUT2D eigenvalue weighted by atomic mass is 35.5. The van der Waals surface area contributed by atoms with Gasteiger partial charge in [-0.15, -0.1) is 13.2 Å². The number of benzene rings is 2. The van der Waals surface area contributed by atoms with E-state index in [1.165, 1.54) is 24.3 Å². The van der Waals surface area contributed by atoms with Crippen LogP contribution in [0.2, 0.25) is 5.15 Å². The Balaban J connectivity index is 1.84. The summed E-state index contributed by atoms with van der Waals surface area (Å²) in [5, 5.41) is 6.93. The predicted octanol–water partition coefficient (Wildman–Crippen LogP) is 8.16. The topological polar surface area (TPSA) is 90.3 Å². The lowest BCUT2D eigenvalue weighted by Gasteiger charge is -2.25. The van der Waals surface area contributed by atoms with Gasteiger partial charge in [0.2, 0.25) is 5.91 Å². The second kappa shape index (κ2) is 16.1. The van der Waals surface area contributed by atoms with Crippen molar-refractivity contribution in [1.82, 2.24) is 15.1 Å². The number of nitrogens with zero attached hydrogens (tertiary/aromatic N) is 2. The molecule has 250 valence electrons. The van der Waals surface area contributed by atoms with Crippen LogP contribution in [0.15, 0.2) is 60.4 Å². The van der Waals surface area contributed by atoms with Crippen molar-refractivity contribution in [2.24, 2.45) is 0 Å². The van der Waals surface area contributed by atoms with Crippen molar-refractivity contribution >= 4 is 23.5 Å². The number of allylic oxidation sites excluding steroid dienone is 2. The van der Waals surface area contributed by atoms with Crippen molar-refractivity contribution in [3.05, 3.63) is 111 Å². The Bertz CT molecular complexity index is 1720. The predicted molar refractivity (Wildman–Crippen MR) is 180 cm³/mol. The van der Waals surface area contributed by atoms with Gasteiger partial charge >= 0.3 is 5.97 Å². The van der Waals surface area contributed by atoms with E-state index >= 15 is 4.39 Å². The highest BCUT2D eigenvalue weighted by molar-refractivity contribution is 6.29. The molecule has 1 heterocycles. The second-order valence-electron chi connectivity index (χ2n) is 12.0. The lowest BCUT2D eigenvalue weighted by atomic mass is 9.87. The minimum Gasteiger partial charge on any atom is -0.466 e. The average molecular weight is 666 g/mol. The van der Waals surface area contributed by atoms with Crippen molar-refractivity contribution < 1.29 is 23.1 Å². The molecule has 3 aromatic rings. The second-order valence-corrected chi connectivity index (χ2v) is 12.4. The molecule has 4 rings (SSSR count). The average Bonchev–Trinajstić information content (AvgIpc) is 3.85. The van der Waals surface area contributed by atoms with Crippen molar-refractivity contribution in [2.75, 3.05) is 6.61 Å². The van der Waals surface area contributed by atoms with Gasteiger partial charge in [0.15, 0.2) is 0 Å². The van der Waals surface area contributed by atoms with Gasteiger partial charge in [-0.3, -0.25) is 14.4 Å². The molecule has 1 N–H and O–H groups in total. The number of aryl methyl sites for hydroxylation is 3. The maximum Gasteiger partial charge on any atom is 0.308 e. The number of esters is 1. The molecule has 1 aliphatic rings. The Morgan fingerprint density at radius 2 is 1.85 bits per heavy atom. The van der Waals surface area contributed by atoms with Crippen LogP contribution in [-0.4, -0.2) is 28.3 Å². The summed E-state index contributed by atoms with van der Waals surface area (Å²) < 4.78 is 37.4. The molecule has 1 saturated carbocycles. The summed E-state index contributed by atoms with van der Waals surface area (Å²) in [4.78, 5) is 39.8. The van der Waals surface area contributed by atoms with E-state index in [1.54, 1.807) is 19.9 Å². The van der Waals surface area contributed by atoms with Crippen LogP contribution in [0.3, 0.4) is 0 Å². The fourth-order valence-corrected chi connectivity index (χ4v) is 6.21. The molecule has 47 heavy (non-hydrogen) atoms. The molecule has 0 unspecified atom stereocenters. The lowest BCUT2D eigenvalue weighted by Crippen LogP contribution is -2.41. The van der Waals surface area contributed by atoms with Crippen LogP contribution >= 0.6 is 11.6 Å². The van der Waals surface area contributed by atoms with E-state index in [9.17, 15) is 18.8 Å². The number of unbranched alkanes of at least 4 members (excludes halogenated alkanes) is 2. The summed E-state index contributed by atoms with van der Waals surface area (Å²) in [6.45, 7) is 12.6. The van der Waals surface area contributed by atoms with Gasteiger partial charge in [0.05, 0.1) is 19.1 Å². The van der Waals surface area contributed by atoms with E-state index in [1.807, 2.05) is 19.1 Å². The summed E-state index contributed by atoms with van der Waals surface area (Å²) in [5.41, 5.74) is 3.32. The molecule has 2 aromatic carbocycles. The zero-order valence-corrected chi connectivity index (χ0v) is 28.0. The van der Waals surface area contributed by atoms with E-state index in [0.717, 1.165) is 47.9 Å². The Morgan fingerprint density at radius 3 is 2.51 bits per heavy atom. The fourth-order valence-electron chi connectivity index (χ4n) is 5.96. The molecule has 10 heteroatoms. The number of carbonyl (C=O) groups is 2. The highest BCUT2D eigenvalue weighted by Crippen LogP contribution is 2.45. The SMILES string of the molecule is C=CCCCCc1cc(F)cc(C)c1-c1cc(C2CC2)c(F)c([C@H](CC(=O)OCC)NC(=O)[C@H](CC=C)n2nc(Cl)cc(C)c2=O)c1. The number of nitrogens with one attached hydrogen (secondary N) is 1. The van der Waals surface area contributed by atoms with Crippen molar-refractivity contribution in [3.63, 3.8) is 0 Å². The minimum atomic E-state index is -1.17. The normalized spacial score (nSPS) is 13.9. The first kappa shape index (κ1) is 35.7. The van der Waals surface area contributed by atoms with Crippen molar-refractivity contribution in [2.45, 2.75) is 90.1 Å². The van der Waals surface area contributed by atoms with Crippen LogP contribution in [0.1, 0.15) is 97.7 Å². The summed E-state index contributed by atoms with van der Waals surface area (Å²) in [6.07, 6.45) is 7.74. The van der Waals surface area contributed by atoms with Gasteiger partial charge in [-0.05, 0) is 130 Å². The van der Waals surface area contributed by atoms with Gasteiger partial charge in [-0.25, -0.2) is 13.5 Å². The summed E-state index contributed by atoms with van der Waals surface area (Å²) in [7, 11) is 0. The largest absolute Gasteiger partial charge is 0.466 e. The molecule has 0 aliphatic heterocycles. The Hall–Kier alpha value is -4.11. The van der Waals surface area contributed by atoms with Gasteiger partial charge < -0.3 is 10.1 Å². The first-order valence-electron chi connectivity index (χ1n) is 16.0. The van der Waals surface area contributed by atoms with Crippen LogP contribution in [0.5, 0.6) is 0 Å². The van der Waals surface area contributed by atoms with Gasteiger partial charge in [-0.2, -0.15) is 5.10 Å². The van der Waals surface area contributed by atoms with Crippen LogP contribution in [0, 0.1) is 25.5 Å². The zero-order chi connectivity index (χ0) is 34.2. The molecule has 1 aromatic heterocycles. The maximum atomic E-state index is 16.5. The Labute approximate surface area is 279 Å². The molecule has 7 nitrogen and oxygen atoms in total. The van der Waals surface area contributed by atoms with Crippen molar-refractivity contribution in [3.8, 4) is 11.1 Å². The third-order valence-corrected chi connectivity index (χ3v) is 8.55. The van der Waals surface area contributed by atoms with Crippen LogP contribution in [0.4, 0.5) is 8.78 Å². The number of hydrogen-bond acceptors (Lipinski definition) is 5. The van der Waals surface area contributed by atoms with Gasteiger partial charge in [0.25, 0.3) is 5.56 Å². The Morgan fingerprint density at radius 1 is 1.11 bits per heavy atom. The first-order chi connectivity index (χ1) is 22.5. The fraction of sp³-hybridized carbons (Fsp3) is 0.405. The van der Waals surface area contributed by atoms with E-state index in [-0.39, 0.29) is 47.5 Å². The van der Waals surface area contributed by atoms with E-state index < -0.39 is 35.3 Å². The summed E-state index contributed by atoms with van der Waals surface area (Å²) >= 11 is 6.14. The summed E-state index contributed by atoms with van der Waals surface area (Å²) in [5.74, 6) is -2.20. The number of rotatable bonds is 16. The summed E-state index contributed by atoms with van der Waals surface area (Å²) in [6, 6.07) is 5.50. The number of amides is 1. The Kier molecular flexibility index (Phi) is 12.3. The molecule has 0 spiro atoms. The van der Waals surface area contributed by atoms with Gasteiger partial charge in [0, 0.05) is 11.1 Å². The third kappa shape index (κ3) is 8.83. The molecule has 1 aliphatic carbocycles. The zero-order valence-electron chi connectivity index (χ0n) is 27.2. The monoisotopic (exact) mass is 665 g/mol. The molecule has 1 fully saturated rings. The molecule has 0 radical (unpaired) electrons. The molecular weight excluding hydrogens is 624 g/mol. The third-order valence-electron chi connectivity index (χ3n) is 8.36. The number of halogens is 3. The molecule has 1 amide bonds. The van der Waals surface area contributed by atoms with E-state index in [0.29, 0.717) is 23.1 Å². The standard InChI is InChI=1S/C37H42ClF2N3O4/c1-6-9-10-11-13-25-18-27(39)16-22(4)34(25)26-19-28(24-14-15-24)35(40)29(20-26)30(21-33(44)47-8-3)41-36(45)31(12-7-2)43-37(46)23(5)17-32(38)42-43/h6-7,16-20,24,30-31H,1-2,8-15,21H2,3-5H3,(H,41,45)/t30-,31-/m0/s1. The maximum absolute atomic E-state index is 16.5. The number of ether oxygens (including phenoxy) is 1. The van der Waals surface area contributed by atoms with E-state index in [2.05, 4.69) is 23.6 Å². The first-order valence-corrected chi connectivity index (χ1v) is 16.4. The number of aromatic nitrogens is 2. The minimum absolute atomic E-state index is 0.0183. The van der Waals surface area contributed by atoms with Crippen molar-refractivity contribution in [1.29, 1.82) is 0 Å². The van der Waals surface area contributed by atoms with Crippen LogP contribution in [0.25, 0.3) is 11.1 Å². The number of hydrogen-bond donors (Lipinski definition) is 1. The van der Waals surface area contributed by atoms with Gasteiger partial charge in [0.1, 0.15) is 22.8 Å². The molecule has 0 bridgehead atoms. The molecule has 2 atom stereocenters. The molecule has 0 saturated heterocycles. The molecular formula is C37H42ClF2N3O4. The smallest absolute Gasteiger partial charge is 0.308 e. The lowest BCUT2D eigenvalue weighted by molar-refractivity contribution is -0.144. The quantitative estimate of drug-likeness (QED) is 0.0947. The highest BCUT2D eigenvalue weighted by Gasteiger charge is 2.33. The van der Waals surface area contributed by atoms with Crippen LogP contribution in [-0.2, 0) is 20.7 Å². The number of carbonyl (C=O) groups excluding carboxylic acids is 2. The van der Waals surface area contributed by atoms with E-state index in [4.69, 9.17) is 16.3 Å². The van der Waals surface area contributed by atoms with Crippen LogP contribution < -0.4 is 10.9 Å².